The number of aliphatic imine (C=N–C) groups is 1. The molecule has 0 spiro atoms. The topological polar surface area (TPSA) is 137 Å². The van der Waals surface area contributed by atoms with E-state index in [1.54, 1.807) is 77.1 Å². The van der Waals surface area contributed by atoms with Crippen molar-refractivity contribution in [3.05, 3.63) is 82.9 Å². The minimum Gasteiger partial charge on any atom is -0.489 e. The molecule has 0 saturated heterocycles. The number of ether oxygens (including phenoxy) is 3. The highest BCUT2D eigenvalue weighted by molar-refractivity contribution is 7.17. The first-order chi connectivity index (χ1) is 21.1. The Morgan fingerprint density at radius 3 is 2.27 bits per heavy atom. The van der Waals surface area contributed by atoms with Crippen LogP contribution >= 0.6 is 11.3 Å². The molecule has 0 unspecified atom stereocenters. The fourth-order valence-electron chi connectivity index (χ4n) is 4.25. The molecule has 0 radical (unpaired) electrons. The first-order valence-corrected chi connectivity index (χ1v) is 15.2. The van der Waals surface area contributed by atoms with Crippen LogP contribution in [0.3, 0.4) is 0 Å². The van der Waals surface area contributed by atoms with Crippen molar-refractivity contribution in [2.24, 2.45) is 17.8 Å². The van der Waals surface area contributed by atoms with Gasteiger partial charge in [0.05, 0.1) is 16.8 Å². The van der Waals surface area contributed by atoms with E-state index in [9.17, 15) is 14.4 Å². The van der Waals surface area contributed by atoms with Gasteiger partial charge < -0.3 is 29.8 Å². The van der Waals surface area contributed by atoms with Gasteiger partial charge >= 0.3 is 12.2 Å². The number of carbonyl (C=O) groups is 3. The molecule has 2 aromatic heterocycles. The number of hydrogen-bond acceptors (Lipinski definition) is 7. The third-order valence-electron chi connectivity index (χ3n) is 6.31. The van der Waals surface area contributed by atoms with E-state index >= 15 is 0 Å². The van der Waals surface area contributed by atoms with E-state index in [0.717, 1.165) is 20.7 Å². The lowest BCUT2D eigenvalue weighted by Gasteiger charge is -2.27. The number of nitrogens with one attached hydrogen (secondary N) is 1. The molecule has 11 nitrogen and oxygen atoms in total. The monoisotopic (exact) mass is 633 g/mol. The molecule has 0 aliphatic heterocycles. The first kappa shape index (κ1) is 33.1. The van der Waals surface area contributed by atoms with Gasteiger partial charge in [-0.3, -0.25) is 4.79 Å². The maximum absolute atomic E-state index is 13.1. The molecule has 3 N–H and O–H groups in total. The van der Waals surface area contributed by atoms with E-state index in [-0.39, 0.29) is 25.0 Å². The van der Waals surface area contributed by atoms with Crippen molar-refractivity contribution in [2.75, 3.05) is 5.32 Å². The number of guanidine groups is 1. The van der Waals surface area contributed by atoms with Gasteiger partial charge in [0.2, 0.25) is 5.96 Å². The number of fused-ring (bicyclic) bond motifs is 1. The van der Waals surface area contributed by atoms with Crippen molar-refractivity contribution in [1.82, 2.24) is 9.47 Å². The molecule has 45 heavy (non-hydrogen) atoms. The second-order valence-electron chi connectivity index (χ2n) is 12.3. The number of amides is 3. The van der Waals surface area contributed by atoms with Crippen LogP contribution < -0.4 is 15.8 Å². The molecule has 0 aliphatic rings. The fraction of sp³-hybridized carbons (Fsp3) is 0.333. The molecule has 0 fully saturated rings. The van der Waals surface area contributed by atoms with Crippen molar-refractivity contribution >= 4 is 51.3 Å². The average molecular weight is 634 g/mol. The summed E-state index contributed by atoms with van der Waals surface area (Å²) < 4.78 is 19.7. The number of benzene rings is 2. The molecule has 4 rings (SSSR count). The molecule has 2 heterocycles. The summed E-state index contributed by atoms with van der Waals surface area (Å²) in [4.78, 5) is 43.2. The highest BCUT2D eigenvalue weighted by Gasteiger charge is 2.26. The molecule has 12 heteroatoms. The summed E-state index contributed by atoms with van der Waals surface area (Å²) in [7, 11) is 1.87. The molecule has 0 aliphatic carbocycles. The molecule has 0 bridgehead atoms. The quantitative estimate of drug-likeness (QED) is 0.164. The minimum absolute atomic E-state index is 0.0148. The van der Waals surface area contributed by atoms with Crippen LogP contribution in [0.15, 0.2) is 71.0 Å². The van der Waals surface area contributed by atoms with Gasteiger partial charge in [0.1, 0.15) is 29.3 Å². The van der Waals surface area contributed by atoms with Gasteiger partial charge in [-0.2, -0.15) is 0 Å². The molecule has 2 aromatic carbocycles. The van der Waals surface area contributed by atoms with Crippen LogP contribution in [0.5, 0.6) is 5.75 Å². The van der Waals surface area contributed by atoms with E-state index in [1.807, 2.05) is 53.4 Å². The highest BCUT2D eigenvalue weighted by atomic mass is 32.1. The van der Waals surface area contributed by atoms with Gasteiger partial charge in [-0.15, -0.1) is 16.3 Å². The Morgan fingerprint density at radius 1 is 0.956 bits per heavy atom. The zero-order valence-corrected chi connectivity index (χ0v) is 27.4. The number of aromatic nitrogens is 1. The van der Waals surface area contributed by atoms with Crippen LogP contribution in [-0.4, -0.2) is 44.7 Å². The third-order valence-corrected chi connectivity index (χ3v) is 7.16. The van der Waals surface area contributed by atoms with Crippen molar-refractivity contribution in [3.8, 4) is 5.75 Å². The lowest BCUT2D eigenvalue weighted by atomic mass is 10.1. The lowest BCUT2D eigenvalue weighted by Crippen LogP contribution is -2.44. The van der Waals surface area contributed by atoms with Gasteiger partial charge in [-0.05, 0) is 82.8 Å². The largest absolute Gasteiger partial charge is 0.489 e. The molecule has 4 aromatic rings. The number of thiophene rings is 1. The summed E-state index contributed by atoms with van der Waals surface area (Å²) in [6, 6.07) is 18.4. The number of nitrogens with zero attached hydrogens (tertiary/aromatic N) is 3. The van der Waals surface area contributed by atoms with Crippen LogP contribution in [-0.2, 0) is 29.7 Å². The Bertz CT molecular complexity index is 1710. The minimum atomic E-state index is -0.919. The van der Waals surface area contributed by atoms with Crippen molar-refractivity contribution < 1.29 is 28.6 Å². The molecule has 3 amide bonds. The summed E-state index contributed by atoms with van der Waals surface area (Å²) in [6.07, 6.45) is -1.68. The zero-order chi connectivity index (χ0) is 32.9. The second-order valence-corrected chi connectivity index (χ2v) is 13.3. The van der Waals surface area contributed by atoms with Gasteiger partial charge in [0.25, 0.3) is 5.91 Å². The Hall–Kier alpha value is -4.84. The van der Waals surface area contributed by atoms with Crippen LogP contribution in [0, 0.1) is 0 Å². The molecule has 0 atom stereocenters. The van der Waals surface area contributed by atoms with Crippen molar-refractivity contribution in [3.63, 3.8) is 0 Å². The Labute approximate surface area is 266 Å². The van der Waals surface area contributed by atoms with E-state index in [2.05, 4.69) is 10.3 Å². The van der Waals surface area contributed by atoms with Gasteiger partial charge in [-0.1, -0.05) is 30.3 Å². The van der Waals surface area contributed by atoms with Crippen LogP contribution in [0.1, 0.15) is 63.2 Å². The molecular weight excluding hydrogens is 594 g/mol. The number of carbonyl (C=O) groups excluding carboxylic acids is 3. The third kappa shape index (κ3) is 9.08. The number of anilines is 1. The van der Waals surface area contributed by atoms with Gasteiger partial charge in [0.15, 0.2) is 0 Å². The maximum Gasteiger partial charge on any atom is 0.437 e. The van der Waals surface area contributed by atoms with E-state index in [4.69, 9.17) is 19.9 Å². The summed E-state index contributed by atoms with van der Waals surface area (Å²) >= 11 is 1.59. The first-order valence-electron chi connectivity index (χ1n) is 14.3. The Morgan fingerprint density at radius 2 is 1.62 bits per heavy atom. The average Bonchev–Trinajstić information content (AvgIpc) is 3.52. The predicted octanol–water partition coefficient (Wildman–Crippen LogP) is 7.06. The summed E-state index contributed by atoms with van der Waals surface area (Å²) in [6.45, 7) is 10.5. The second kappa shape index (κ2) is 13.4. The normalized spacial score (nSPS) is 12.1. The molecular formula is C33H39N5O6S. The summed E-state index contributed by atoms with van der Waals surface area (Å²) in [5, 5.41) is 5.01. The van der Waals surface area contributed by atoms with Crippen LogP contribution in [0.2, 0.25) is 0 Å². The maximum atomic E-state index is 13.1. The zero-order valence-electron chi connectivity index (χ0n) is 26.5. The summed E-state index contributed by atoms with van der Waals surface area (Å²) in [5.74, 6) is 0.0103. The number of hydrogen-bond donors (Lipinski definition) is 2. The van der Waals surface area contributed by atoms with E-state index in [0.29, 0.717) is 22.7 Å². The van der Waals surface area contributed by atoms with Gasteiger partial charge in [-0.25, -0.2) is 14.5 Å². The van der Waals surface area contributed by atoms with Gasteiger partial charge in [0, 0.05) is 18.3 Å². The smallest absolute Gasteiger partial charge is 0.437 e. The highest BCUT2D eigenvalue weighted by Crippen LogP contribution is 2.26. The molecule has 238 valence electrons. The number of para-hydroxylation sites is 1. The predicted molar refractivity (Wildman–Crippen MR) is 176 cm³/mol. The van der Waals surface area contributed by atoms with E-state index < -0.39 is 23.4 Å². The Kier molecular flexibility index (Phi) is 9.87. The van der Waals surface area contributed by atoms with Crippen molar-refractivity contribution in [2.45, 2.75) is 65.9 Å². The fourth-order valence-corrected chi connectivity index (χ4v) is 5.10. The number of aryl methyl sites for hydroxylation is 1. The molecule has 0 saturated carbocycles. The Balaban J connectivity index is 1.43. The van der Waals surface area contributed by atoms with Crippen molar-refractivity contribution in [1.29, 1.82) is 0 Å². The lowest BCUT2D eigenvalue weighted by molar-refractivity contribution is 0.0356. The standard InChI is InChI=1S/C33H39N5O6S/c1-32(2,3)43-30(40)36-29(34)38(31(41)44-33(4,5)6)19-21-12-14-23(15-13-21)42-20-22-10-8-9-11-24(22)35-28(39)26-18-27-25(37(26)7)16-17-45-27/h8-18H,19-20H2,1-7H3,(H,35,39)(H2,34,36,40). The van der Waals surface area contributed by atoms with Crippen LogP contribution in [0.4, 0.5) is 15.3 Å². The number of nitrogens with two attached hydrogens (primary N) is 1. The number of rotatable bonds is 7. The van der Waals surface area contributed by atoms with Crippen LogP contribution in [0.25, 0.3) is 10.2 Å². The summed E-state index contributed by atoms with van der Waals surface area (Å²) in [5.41, 5.74) is 8.21. The SMILES string of the molecule is Cn1c(C(=O)Nc2ccccc2COc2ccc(CN(C(=O)OC(C)(C)C)/C(N)=N\C(=O)OC(C)(C)C)cc2)cc2sccc21. The van der Waals surface area contributed by atoms with E-state index in [1.165, 1.54) is 0 Å².